The van der Waals surface area contributed by atoms with E-state index in [2.05, 4.69) is 0 Å². The fraction of sp³-hybridized carbons (Fsp3) is 0.318. The maximum atomic E-state index is 13.8. The molecule has 1 heterocycles. The molecular formula is C22H21F2NO4. The Morgan fingerprint density at radius 1 is 1.07 bits per heavy atom. The molecule has 0 atom stereocenters. The van der Waals surface area contributed by atoms with E-state index in [0.717, 1.165) is 18.2 Å². The quantitative estimate of drug-likeness (QED) is 0.693. The molecule has 152 valence electrons. The maximum Gasteiger partial charge on any atom is 0.260 e. The van der Waals surface area contributed by atoms with Crippen molar-refractivity contribution in [3.63, 3.8) is 0 Å². The third-order valence-electron chi connectivity index (χ3n) is 5.02. The molecule has 0 aliphatic carbocycles. The summed E-state index contributed by atoms with van der Waals surface area (Å²) in [6.07, 6.45) is 0.751. The summed E-state index contributed by atoms with van der Waals surface area (Å²) in [7, 11) is 0. The fourth-order valence-electron chi connectivity index (χ4n) is 3.34. The van der Waals surface area contributed by atoms with Crippen LogP contribution >= 0.6 is 0 Å². The van der Waals surface area contributed by atoms with Crippen LogP contribution in [-0.4, -0.2) is 42.1 Å². The van der Waals surface area contributed by atoms with E-state index in [1.54, 1.807) is 29.2 Å². The molecule has 2 aromatic rings. The van der Waals surface area contributed by atoms with E-state index in [1.165, 1.54) is 6.92 Å². The summed E-state index contributed by atoms with van der Waals surface area (Å²) in [5.74, 6) is -2.19. The first-order chi connectivity index (χ1) is 13.8. The van der Waals surface area contributed by atoms with Gasteiger partial charge in [-0.1, -0.05) is 12.1 Å². The second kappa shape index (κ2) is 8.94. The largest absolute Gasteiger partial charge is 0.484 e. The zero-order valence-corrected chi connectivity index (χ0v) is 16.0. The number of hydrogen-bond donors (Lipinski definition) is 0. The highest BCUT2D eigenvalue weighted by Gasteiger charge is 2.29. The molecule has 1 aliphatic rings. The number of halogens is 2. The van der Waals surface area contributed by atoms with E-state index in [1.807, 2.05) is 0 Å². The Morgan fingerprint density at radius 2 is 1.79 bits per heavy atom. The number of likely N-dealkylation sites (tertiary alicyclic amines) is 1. The molecule has 5 nitrogen and oxygen atoms in total. The van der Waals surface area contributed by atoms with Crippen LogP contribution in [0.25, 0.3) is 0 Å². The summed E-state index contributed by atoms with van der Waals surface area (Å²) in [5.41, 5.74) is 0.252. The lowest BCUT2D eigenvalue weighted by atomic mass is 9.88. The molecule has 0 bridgehead atoms. The van der Waals surface area contributed by atoms with Gasteiger partial charge in [-0.3, -0.25) is 14.4 Å². The first-order valence-electron chi connectivity index (χ1n) is 9.36. The van der Waals surface area contributed by atoms with Crippen molar-refractivity contribution >= 4 is 17.5 Å². The molecule has 0 unspecified atom stereocenters. The van der Waals surface area contributed by atoms with Crippen molar-refractivity contribution in [2.24, 2.45) is 5.92 Å². The lowest BCUT2D eigenvalue weighted by molar-refractivity contribution is -0.134. The monoisotopic (exact) mass is 401 g/mol. The fourth-order valence-corrected chi connectivity index (χ4v) is 3.34. The van der Waals surface area contributed by atoms with E-state index in [9.17, 15) is 23.2 Å². The number of carbonyl (C=O) groups excluding carboxylic acids is 3. The van der Waals surface area contributed by atoms with Crippen LogP contribution < -0.4 is 4.74 Å². The Morgan fingerprint density at radius 3 is 2.48 bits per heavy atom. The van der Waals surface area contributed by atoms with Crippen LogP contribution in [0.2, 0.25) is 0 Å². The van der Waals surface area contributed by atoms with Gasteiger partial charge in [0.1, 0.15) is 17.4 Å². The van der Waals surface area contributed by atoms with Crippen molar-refractivity contribution in [2.45, 2.75) is 19.8 Å². The Bertz CT molecular complexity index is 936. The number of nitrogens with zero attached hydrogens (tertiary/aromatic N) is 1. The third kappa shape index (κ3) is 5.04. The van der Waals surface area contributed by atoms with Gasteiger partial charge in [-0.25, -0.2) is 8.78 Å². The first-order valence-corrected chi connectivity index (χ1v) is 9.36. The number of ether oxygens (including phenoxy) is 1. The molecule has 1 amide bonds. The smallest absolute Gasteiger partial charge is 0.260 e. The minimum absolute atomic E-state index is 0.0942. The van der Waals surface area contributed by atoms with Crippen molar-refractivity contribution in [1.29, 1.82) is 0 Å². The highest BCUT2D eigenvalue weighted by atomic mass is 19.1. The van der Waals surface area contributed by atoms with Gasteiger partial charge >= 0.3 is 0 Å². The molecule has 7 heteroatoms. The number of piperidine rings is 1. The number of hydrogen-bond acceptors (Lipinski definition) is 4. The van der Waals surface area contributed by atoms with Crippen molar-refractivity contribution in [2.75, 3.05) is 19.7 Å². The third-order valence-corrected chi connectivity index (χ3v) is 5.02. The molecule has 1 aliphatic heterocycles. The zero-order chi connectivity index (χ0) is 21.0. The Labute approximate surface area is 167 Å². The van der Waals surface area contributed by atoms with Crippen LogP contribution in [0.15, 0.2) is 42.5 Å². The highest BCUT2D eigenvalue weighted by Crippen LogP contribution is 2.24. The van der Waals surface area contributed by atoms with E-state index in [0.29, 0.717) is 37.2 Å². The molecule has 3 rings (SSSR count). The summed E-state index contributed by atoms with van der Waals surface area (Å²) in [6.45, 7) is 1.94. The van der Waals surface area contributed by atoms with Crippen LogP contribution in [0.5, 0.6) is 5.75 Å². The van der Waals surface area contributed by atoms with Gasteiger partial charge in [0.2, 0.25) is 0 Å². The van der Waals surface area contributed by atoms with Crippen LogP contribution in [0, 0.1) is 17.6 Å². The van der Waals surface area contributed by atoms with E-state index in [-0.39, 0.29) is 23.9 Å². The molecule has 29 heavy (non-hydrogen) atoms. The van der Waals surface area contributed by atoms with Gasteiger partial charge in [0, 0.05) is 24.6 Å². The van der Waals surface area contributed by atoms with Crippen LogP contribution in [0.4, 0.5) is 8.78 Å². The topological polar surface area (TPSA) is 63.7 Å². The van der Waals surface area contributed by atoms with Gasteiger partial charge in [0.05, 0.1) is 5.56 Å². The Kier molecular flexibility index (Phi) is 6.36. The number of amides is 1. The van der Waals surface area contributed by atoms with E-state index < -0.39 is 23.3 Å². The van der Waals surface area contributed by atoms with Crippen molar-refractivity contribution in [1.82, 2.24) is 4.90 Å². The zero-order valence-electron chi connectivity index (χ0n) is 16.0. The van der Waals surface area contributed by atoms with E-state index in [4.69, 9.17) is 4.74 Å². The molecule has 1 fully saturated rings. The average Bonchev–Trinajstić information content (AvgIpc) is 2.73. The predicted octanol–water partition coefficient (Wildman–Crippen LogP) is 3.67. The summed E-state index contributed by atoms with van der Waals surface area (Å²) in [6, 6.07) is 9.42. The second-order valence-corrected chi connectivity index (χ2v) is 7.02. The second-order valence-electron chi connectivity index (χ2n) is 7.02. The first kappa shape index (κ1) is 20.6. The Balaban J connectivity index is 1.53. The summed E-state index contributed by atoms with van der Waals surface area (Å²) in [5, 5.41) is 0. The maximum absolute atomic E-state index is 13.8. The van der Waals surface area contributed by atoms with E-state index >= 15 is 0 Å². The number of carbonyl (C=O) groups is 3. The van der Waals surface area contributed by atoms with Crippen LogP contribution in [-0.2, 0) is 4.79 Å². The van der Waals surface area contributed by atoms with Crippen molar-refractivity contribution < 1.29 is 27.9 Å². The van der Waals surface area contributed by atoms with Crippen LogP contribution in [0.1, 0.15) is 40.5 Å². The molecule has 0 aromatic heterocycles. The molecule has 0 N–H and O–H groups in total. The summed E-state index contributed by atoms with van der Waals surface area (Å²) in [4.78, 5) is 37.9. The standard InChI is InChI=1S/C22H21F2NO4/c1-14(26)16-3-2-4-18(11-16)29-13-21(27)25-9-7-15(8-10-25)22(28)19-12-17(23)5-6-20(19)24/h2-6,11-12,15H,7-10,13H2,1H3. The summed E-state index contributed by atoms with van der Waals surface area (Å²) >= 11 is 0. The molecule has 1 saturated heterocycles. The van der Waals surface area contributed by atoms with Gasteiger partial charge in [0.15, 0.2) is 18.2 Å². The minimum Gasteiger partial charge on any atom is -0.484 e. The van der Waals surface area contributed by atoms with Crippen molar-refractivity contribution in [3.05, 3.63) is 65.2 Å². The highest BCUT2D eigenvalue weighted by molar-refractivity contribution is 5.98. The number of ketones is 2. The predicted molar refractivity (Wildman–Crippen MR) is 102 cm³/mol. The minimum atomic E-state index is -0.740. The van der Waals surface area contributed by atoms with Crippen molar-refractivity contribution in [3.8, 4) is 5.75 Å². The molecule has 0 saturated carbocycles. The summed E-state index contributed by atoms with van der Waals surface area (Å²) < 4.78 is 32.6. The van der Waals surface area contributed by atoms with Gasteiger partial charge in [-0.15, -0.1) is 0 Å². The van der Waals surface area contributed by atoms with Gasteiger partial charge in [-0.05, 0) is 50.1 Å². The van der Waals surface area contributed by atoms with Gasteiger partial charge in [0.25, 0.3) is 5.91 Å². The molecular weight excluding hydrogens is 380 g/mol. The van der Waals surface area contributed by atoms with Gasteiger partial charge in [-0.2, -0.15) is 0 Å². The number of benzene rings is 2. The average molecular weight is 401 g/mol. The normalized spacial score (nSPS) is 14.5. The SMILES string of the molecule is CC(=O)c1cccc(OCC(=O)N2CCC(C(=O)c3cc(F)ccc3F)CC2)c1. The molecule has 0 radical (unpaired) electrons. The lowest BCUT2D eigenvalue weighted by Gasteiger charge is -2.31. The molecule has 2 aromatic carbocycles. The molecule has 0 spiro atoms. The Hall–Kier alpha value is -3.09. The lowest BCUT2D eigenvalue weighted by Crippen LogP contribution is -2.42. The number of Topliss-reactive ketones (excluding diaryl/α,β-unsaturated/α-hetero) is 2. The van der Waals surface area contributed by atoms with Crippen LogP contribution in [0.3, 0.4) is 0 Å². The van der Waals surface area contributed by atoms with Gasteiger partial charge < -0.3 is 9.64 Å². The number of rotatable bonds is 6.